The molecule has 1 aromatic heterocycles. The second-order valence-corrected chi connectivity index (χ2v) is 9.06. The molecule has 2 N–H and O–H groups in total. The number of halogens is 2. The molecule has 0 spiro atoms. The summed E-state index contributed by atoms with van der Waals surface area (Å²) in [6.45, 7) is 5.83. The lowest BCUT2D eigenvalue weighted by molar-refractivity contribution is -0.134. The van der Waals surface area contributed by atoms with Gasteiger partial charge in [0.05, 0.1) is 6.07 Å². The molecule has 1 saturated heterocycles. The second-order valence-electron chi connectivity index (χ2n) is 9.06. The Hall–Kier alpha value is -3.28. The number of hydrogen-bond acceptors (Lipinski definition) is 4. The summed E-state index contributed by atoms with van der Waals surface area (Å²) < 4.78 is 27.5. The van der Waals surface area contributed by atoms with Gasteiger partial charge in [-0.25, -0.2) is 8.78 Å². The smallest absolute Gasteiger partial charge is 0.268 e. The molecule has 2 heterocycles. The molecule has 31 heavy (non-hydrogen) atoms. The van der Waals surface area contributed by atoms with Crippen LogP contribution in [-0.2, 0) is 9.59 Å². The zero-order valence-electron chi connectivity index (χ0n) is 17.5. The monoisotopic (exact) mass is 430 g/mol. The predicted octanol–water partition coefficient (Wildman–Crippen LogP) is 2.92. The third kappa shape index (κ3) is 4.74. The van der Waals surface area contributed by atoms with Crippen LogP contribution in [0.15, 0.2) is 18.2 Å². The maximum absolute atomic E-state index is 14.0. The summed E-state index contributed by atoms with van der Waals surface area (Å²) in [5, 5.41) is 12.0. The zero-order valence-corrected chi connectivity index (χ0v) is 17.5. The third-order valence-corrected chi connectivity index (χ3v) is 5.31. The number of aromatic nitrogens is 1. The Bertz CT molecular complexity index is 1070. The number of likely N-dealkylation sites (tertiary alicyclic amines) is 1. The maximum Gasteiger partial charge on any atom is 0.268 e. The normalized spacial score (nSPS) is 19.8. The average Bonchev–Trinajstić information content (AvgIpc) is 3.33. The number of nitriles is 1. The summed E-state index contributed by atoms with van der Waals surface area (Å²) in [6, 6.07) is 3.82. The summed E-state index contributed by atoms with van der Waals surface area (Å²) in [4.78, 5) is 41.3. The lowest BCUT2D eigenvalue weighted by Gasteiger charge is -2.30. The first-order valence-corrected chi connectivity index (χ1v) is 9.97. The van der Waals surface area contributed by atoms with Gasteiger partial charge in [-0.15, -0.1) is 0 Å². The Morgan fingerprint density at radius 1 is 1.39 bits per heavy atom. The SMILES string of the molecule is CC(C)(C)CC(NC(=O)c1cc2c(F)c(F)ccc2[nH]1)C(=O)N1CC(C=O)CC1C#N. The lowest BCUT2D eigenvalue weighted by atomic mass is 9.87. The fourth-order valence-corrected chi connectivity index (χ4v) is 3.85. The molecule has 9 heteroatoms. The van der Waals surface area contributed by atoms with Crippen molar-refractivity contribution in [1.29, 1.82) is 5.26 Å². The zero-order chi connectivity index (χ0) is 22.9. The molecular weight excluding hydrogens is 406 g/mol. The van der Waals surface area contributed by atoms with E-state index in [1.165, 1.54) is 17.0 Å². The van der Waals surface area contributed by atoms with Crippen LogP contribution in [0.3, 0.4) is 0 Å². The Balaban J connectivity index is 1.86. The van der Waals surface area contributed by atoms with Crippen LogP contribution in [0.4, 0.5) is 8.78 Å². The van der Waals surface area contributed by atoms with Crippen LogP contribution in [0.1, 0.15) is 44.1 Å². The third-order valence-electron chi connectivity index (χ3n) is 5.31. The molecule has 7 nitrogen and oxygen atoms in total. The topological polar surface area (TPSA) is 106 Å². The number of fused-ring (bicyclic) bond motifs is 1. The minimum absolute atomic E-state index is 0.0183. The van der Waals surface area contributed by atoms with Crippen molar-refractivity contribution in [3.05, 3.63) is 35.5 Å². The first-order chi connectivity index (χ1) is 14.5. The fraction of sp³-hybridized carbons (Fsp3) is 0.455. The van der Waals surface area contributed by atoms with Crippen LogP contribution in [0.25, 0.3) is 10.9 Å². The van der Waals surface area contributed by atoms with Crippen molar-refractivity contribution < 1.29 is 23.2 Å². The Labute approximate surface area is 178 Å². The van der Waals surface area contributed by atoms with Gasteiger partial charge in [-0.2, -0.15) is 5.26 Å². The molecule has 0 radical (unpaired) electrons. The number of aromatic amines is 1. The van der Waals surface area contributed by atoms with E-state index in [1.807, 2.05) is 26.8 Å². The molecule has 1 aromatic carbocycles. The number of nitrogens with one attached hydrogen (secondary N) is 2. The van der Waals surface area contributed by atoms with Gasteiger partial charge in [0.1, 0.15) is 24.1 Å². The van der Waals surface area contributed by atoms with Gasteiger partial charge in [-0.05, 0) is 36.5 Å². The van der Waals surface area contributed by atoms with Gasteiger partial charge in [-0.1, -0.05) is 20.8 Å². The van der Waals surface area contributed by atoms with Crippen LogP contribution in [0.2, 0.25) is 0 Å². The van der Waals surface area contributed by atoms with E-state index in [2.05, 4.69) is 10.3 Å². The highest BCUT2D eigenvalue weighted by Gasteiger charge is 2.39. The van der Waals surface area contributed by atoms with Crippen molar-refractivity contribution in [3.8, 4) is 6.07 Å². The molecule has 0 saturated carbocycles. The minimum atomic E-state index is -1.07. The summed E-state index contributed by atoms with van der Waals surface area (Å²) in [5.74, 6) is -3.62. The molecule has 2 amide bonds. The van der Waals surface area contributed by atoms with Crippen molar-refractivity contribution in [2.45, 2.75) is 45.7 Å². The number of rotatable bonds is 5. The first-order valence-electron chi connectivity index (χ1n) is 9.97. The van der Waals surface area contributed by atoms with Crippen LogP contribution in [0, 0.1) is 34.3 Å². The van der Waals surface area contributed by atoms with Gasteiger partial charge in [-0.3, -0.25) is 9.59 Å². The van der Waals surface area contributed by atoms with Crippen molar-refractivity contribution in [2.75, 3.05) is 6.54 Å². The number of aldehydes is 1. The second kappa shape index (κ2) is 8.46. The highest BCUT2D eigenvalue weighted by molar-refractivity contribution is 6.00. The van der Waals surface area contributed by atoms with Crippen molar-refractivity contribution in [1.82, 2.24) is 15.2 Å². The van der Waals surface area contributed by atoms with Gasteiger partial charge in [0, 0.05) is 23.4 Å². The van der Waals surface area contributed by atoms with Crippen LogP contribution in [-0.4, -0.2) is 46.6 Å². The molecule has 3 rings (SSSR count). The van der Waals surface area contributed by atoms with E-state index in [4.69, 9.17) is 0 Å². The molecule has 3 atom stereocenters. The van der Waals surface area contributed by atoms with E-state index in [9.17, 15) is 28.4 Å². The number of benzene rings is 1. The summed E-state index contributed by atoms with van der Waals surface area (Å²) in [5.41, 5.74) is -0.106. The summed E-state index contributed by atoms with van der Waals surface area (Å²) in [6.07, 6.45) is 1.27. The Morgan fingerprint density at radius 3 is 2.71 bits per heavy atom. The van der Waals surface area contributed by atoms with Crippen LogP contribution in [0.5, 0.6) is 0 Å². The molecular formula is C22H24F2N4O3. The van der Waals surface area contributed by atoms with E-state index in [-0.39, 0.29) is 41.4 Å². The van der Waals surface area contributed by atoms with E-state index in [0.717, 1.165) is 12.4 Å². The Morgan fingerprint density at radius 2 is 2.10 bits per heavy atom. The van der Waals surface area contributed by atoms with Crippen molar-refractivity contribution in [3.63, 3.8) is 0 Å². The molecule has 1 aliphatic heterocycles. The van der Waals surface area contributed by atoms with E-state index in [1.54, 1.807) is 0 Å². The van der Waals surface area contributed by atoms with Gasteiger partial charge in [0.2, 0.25) is 5.91 Å². The molecule has 164 valence electrons. The van der Waals surface area contributed by atoms with E-state index >= 15 is 0 Å². The van der Waals surface area contributed by atoms with Gasteiger partial charge in [0.25, 0.3) is 5.91 Å². The summed E-state index contributed by atoms with van der Waals surface area (Å²) in [7, 11) is 0. The summed E-state index contributed by atoms with van der Waals surface area (Å²) >= 11 is 0. The molecule has 1 aliphatic rings. The fourth-order valence-electron chi connectivity index (χ4n) is 3.85. The molecule has 1 fully saturated rings. The van der Waals surface area contributed by atoms with Crippen molar-refractivity contribution in [2.24, 2.45) is 11.3 Å². The number of amides is 2. The number of H-pyrrole nitrogens is 1. The quantitative estimate of drug-likeness (QED) is 0.712. The number of nitrogens with zero attached hydrogens (tertiary/aromatic N) is 2. The average molecular weight is 430 g/mol. The predicted molar refractivity (Wildman–Crippen MR) is 109 cm³/mol. The maximum atomic E-state index is 14.0. The van der Waals surface area contributed by atoms with Crippen molar-refractivity contribution >= 4 is 29.0 Å². The van der Waals surface area contributed by atoms with E-state index in [0.29, 0.717) is 0 Å². The van der Waals surface area contributed by atoms with Gasteiger partial charge >= 0.3 is 0 Å². The number of carbonyl (C=O) groups excluding carboxylic acids is 3. The van der Waals surface area contributed by atoms with E-state index < -0.39 is 41.5 Å². The molecule has 2 aromatic rings. The number of hydrogen-bond donors (Lipinski definition) is 2. The first kappa shape index (κ1) is 22.4. The minimum Gasteiger partial charge on any atom is -0.350 e. The highest BCUT2D eigenvalue weighted by atomic mass is 19.2. The van der Waals surface area contributed by atoms with Crippen LogP contribution < -0.4 is 5.32 Å². The Kier molecular flexibility index (Phi) is 6.11. The van der Waals surface area contributed by atoms with Crippen LogP contribution >= 0.6 is 0 Å². The highest BCUT2D eigenvalue weighted by Crippen LogP contribution is 2.27. The lowest BCUT2D eigenvalue weighted by Crippen LogP contribution is -2.51. The van der Waals surface area contributed by atoms with Gasteiger partial charge in [0.15, 0.2) is 11.6 Å². The number of carbonyl (C=O) groups is 3. The van der Waals surface area contributed by atoms with Gasteiger partial charge < -0.3 is 20.0 Å². The molecule has 0 bridgehead atoms. The standard InChI is InChI=1S/C22H24F2N4O3/c1-22(2,3)8-18(21(31)28-10-12(11-29)6-13(28)9-25)27-20(30)17-7-14-16(26-17)5-4-15(23)19(14)24/h4-5,7,11-13,18,26H,6,8,10H2,1-3H3,(H,27,30). The molecule has 0 aliphatic carbocycles. The molecule has 3 unspecified atom stereocenters. The largest absolute Gasteiger partial charge is 0.350 e.